The summed E-state index contributed by atoms with van der Waals surface area (Å²) in [6.45, 7) is 3.05. The minimum absolute atomic E-state index is 0.161. The summed E-state index contributed by atoms with van der Waals surface area (Å²) < 4.78 is 0.246. The monoisotopic (exact) mass is 302 g/mol. The molecule has 1 aromatic heterocycles. The molecule has 1 amide bonds. The van der Waals surface area contributed by atoms with E-state index in [1.54, 1.807) is 0 Å². The fourth-order valence-electron chi connectivity index (χ4n) is 2.94. The molecule has 1 aliphatic rings. The predicted molar refractivity (Wildman–Crippen MR) is 89.7 cm³/mol. The van der Waals surface area contributed by atoms with Gasteiger partial charge in [-0.15, -0.1) is 0 Å². The topological polar surface area (TPSA) is 44.9 Å². The van der Waals surface area contributed by atoms with Gasteiger partial charge in [0.1, 0.15) is 0 Å². The number of carbonyl (C=O) groups is 1. The van der Waals surface area contributed by atoms with Crippen molar-refractivity contribution in [1.82, 2.24) is 10.3 Å². The molecule has 1 saturated heterocycles. The second kappa shape index (κ2) is 6.14. The van der Waals surface area contributed by atoms with Gasteiger partial charge in [-0.05, 0) is 43.6 Å². The number of carbonyl (C=O) groups excluding carboxylic acids is 1. The van der Waals surface area contributed by atoms with Crippen molar-refractivity contribution in [2.45, 2.75) is 37.4 Å². The molecule has 0 aliphatic carbocycles. The fourth-order valence-corrected chi connectivity index (χ4v) is 4.18. The number of rotatable bonds is 5. The molecule has 0 spiro atoms. The summed E-state index contributed by atoms with van der Waals surface area (Å²) in [7, 11) is 0. The third-order valence-electron chi connectivity index (χ3n) is 4.26. The number of nitrogens with one attached hydrogen (secondary N) is 2. The van der Waals surface area contributed by atoms with Gasteiger partial charge in [0.25, 0.3) is 0 Å². The average Bonchev–Trinajstić information content (AvgIpc) is 3.10. The molecule has 3 rings (SSSR count). The van der Waals surface area contributed by atoms with Crippen LogP contribution >= 0.6 is 11.8 Å². The van der Waals surface area contributed by atoms with Crippen LogP contribution in [-0.2, 0) is 11.2 Å². The van der Waals surface area contributed by atoms with Crippen molar-refractivity contribution in [3.8, 4) is 0 Å². The predicted octanol–water partition coefficient (Wildman–Crippen LogP) is 3.50. The second-order valence-corrected chi connectivity index (χ2v) is 7.72. The molecule has 1 fully saturated rings. The van der Waals surface area contributed by atoms with Crippen LogP contribution in [0.15, 0.2) is 30.5 Å². The van der Waals surface area contributed by atoms with Crippen LogP contribution in [0.4, 0.5) is 0 Å². The summed E-state index contributed by atoms with van der Waals surface area (Å²) in [6.07, 6.45) is 5.85. The average molecular weight is 302 g/mol. The van der Waals surface area contributed by atoms with Crippen LogP contribution in [0.5, 0.6) is 0 Å². The number of fused-ring (bicyclic) bond motifs is 1. The summed E-state index contributed by atoms with van der Waals surface area (Å²) in [5, 5.41) is 4.33. The number of thioether (sulfide) groups is 1. The van der Waals surface area contributed by atoms with Crippen molar-refractivity contribution in [2.24, 2.45) is 0 Å². The smallest absolute Gasteiger partial charge is 0.220 e. The lowest BCUT2D eigenvalue weighted by Crippen LogP contribution is -2.36. The maximum Gasteiger partial charge on any atom is 0.220 e. The zero-order valence-electron chi connectivity index (χ0n) is 12.4. The first kappa shape index (κ1) is 14.5. The van der Waals surface area contributed by atoms with Crippen molar-refractivity contribution in [2.75, 3.05) is 12.3 Å². The summed E-state index contributed by atoms with van der Waals surface area (Å²) in [5.74, 6) is 1.39. The molecule has 21 heavy (non-hydrogen) atoms. The molecular formula is C17H22N2OS. The Balaban J connectivity index is 1.51. The Morgan fingerprint density at radius 2 is 2.29 bits per heavy atom. The highest BCUT2D eigenvalue weighted by molar-refractivity contribution is 8.00. The van der Waals surface area contributed by atoms with Crippen molar-refractivity contribution < 1.29 is 4.79 Å². The standard InChI is InChI=1S/C17H22N2OS/c1-17(9-4-10-21-17)12-19-16(20)8-7-13-11-18-15-6-3-2-5-14(13)15/h2-3,5-6,11,18H,4,7-10,12H2,1H3,(H,19,20). The van der Waals surface area contributed by atoms with E-state index in [-0.39, 0.29) is 10.7 Å². The summed E-state index contributed by atoms with van der Waals surface area (Å²) >= 11 is 1.98. The molecular weight excluding hydrogens is 280 g/mol. The van der Waals surface area contributed by atoms with E-state index >= 15 is 0 Å². The van der Waals surface area contributed by atoms with E-state index < -0.39 is 0 Å². The second-order valence-electron chi connectivity index (χ2n) is 6.04. The number of hydrogen-bond donors (Lipinski definition) is 2. The van der Waals surface area contributed by atoms with Gasteiger partial charge in [0.15, 0.2) is 0 Å². The Bertz CT molecular complexity index is 629. The van der Waals surface area contributed by atoms with E-state index in [2.05, 4.69) is 29.4 Å². The first-order valence-electron chi connectivity index (χ1n) is 7.62. The number of para-hydroxylation sites is 1. The highest BCUT2D eigenvalue weighted by atomic mass is 32.2. The molecule has 4 heteroatoms. The number of amides is 1. The van der Waals surface area contributed by atoms with Crippen LogP contribution in [0.3, 0.4) is 0 Å². The lowest BCUT2D eigenvalue weighted by atomic mass is 10.1. The van der Waals surface area contributed by atoms with Gasteiger partial charge in [-0.25, -0.2) is 0 Å². The Kier molecular flexibility index (Phi) is 4.24. The number of aryl methyl sites for hydroxylation is 1. The zero-order valence-corrected chi connectivity index (χ0v) is 13.3. The van der Waals surface area contributed by atoms with Gasteiger partial charge in [0.05, 0.1) is 0 Å². The SMILES string of the molecule is CC1(CNC(=O)CCc2c[nH]c3ccccc23)CCCS1. The number of H-pyrrole nitrogens is 1. The minimum Gasteiger partial charge on any atom is -0.361 e. The molecule has 112 valence electrons. The van der Waals surface area contributed by atoms with E-state index in [1.165, 1.54) is 29.5 Å². The van der Waals surface area contributed by atoms with Crippen molar-refractivity contribution >= 4 is 28.6 Å². The molecule has 1 unspecified atom stereocenters. The third-order valence-corrected chi connectivity index (χ3v) is 5.79. The van der Waals surface area contributed by atoms with Gasteiger partial charge in [0.2, 0.25) is 5.91 Å². The maximum atomic E-state index is 12.0. The third kappa shape index (κ3) is 3.43. The molecule has 2 N–H and O–H groups in total. The largest absolute Gasteiger partial charge is 0.361 e. The normalized spacial score (nSPS) is 21.8. The van der Waals surface area contributed by atoms with Crippen LogP contribution in [0.1, 0.15) is 31.7 Å². The first-order chi connectivity index (χ1) is 10.2. The molecule has 0 radical (unpaired) electrons. The molecule has 0 saturated carbocycles. The fraction of sp³-hybridized carbons (Fsp3) is 0.471. The van der Waals surface area contributed by atoms with Gasteiger partial charge in [-0.2, -0.15) is 11.8 Å². The van der Waals surface area contributed by atoms with E-state index in [1.807, 2.05) is 30.1 Å². The summed E-state index contributed by atoms with van der Waals surface area (Å²) in [6, 6.07) is 8.24. The highest BCUT2D eigenvalue weighted by Gasteiger charge is 2.29. The Morgan fingerprint density at radius 1 is 1.43 bits per heavy atom. The molecule has 1 atom stereocenters. The number of aromatic nitrogens is 1. The van der Waals surface area contributed by atoms with Crippen LogP contribution < -0.4 is 5.32 Å². The lowest BCUT2D eigenvalue weighted by Gasteiger charge is -2.22. The molecule has 2 aromatic rings. The van der Waals surface area contributed by atoms with Gasteiger partial charge in [-0.1, -0.05) is 18.2 Å². The van der Waals surface area contributed by atoms with Crippen LogP contribution in [0, 0.1) is 0 Å². The number of aromatic amines is 1. The highest BCUT2D eigenvalue weighted by Crippen LogP contribution is 2.36. The number of hydrogen-bond acceptors (Lipinski definition) is 2. The van der Waals surface area contributed by atoms with Crippen LogP contribution in [-0.4, -0.2) is 27.9 Å². The van der Waals surface area contributed by atoms with E-state index in [0.29, 0.717) is 6.42 Å². The Hall–Kier alpha value is -1.42. The van der Waals surface area contributed by atoms with E-state index in [9.17, 15) is 4.79 Å². The first-order valence-corrected chi connectivity index (χ1v) is 8.60. The van der Waals surface area contributed by atoms with Gasteiger partial charge < -0.3 is 10.3 Å². The van der Waals surface area contributed by atoms with E-state index in [0.717, 1.165) is 18.5 Å². The van der Waals surface area contributed by atoms with Crippen LogP contribution in [0.25, 0.3) is 10.9 Å². The molecule has 3 nitrogen and oxygen atoms in total. The van der Waals surface area contributed by atoms with Crippen molar-refractivity contribution in [3.05, 3.63) is 36.0 Å². The molecule has 0 bridgehead atoms. The van der Waals surface area contributed by atoms with Crippen molar-refractivity contribution in [3.63, 3.8) is 0 Å². The zero-order chi connectivity index (χ0) is 14.7. The number of benzene rings is 1. The Labute approximate surface area is 129 Å². The van der Waals surface area contributed by atoms with Gasteiger partial charge >= 0.3 is 0 Å². The summed E-state index contributed by atoms with van der Waals surface area (Å²) in [5.41, 5.74) is 2.37. The lowest BCUT2D eigenvalue weighted by molar-refractivity contribution is -0.121. The molecule has 2 heterocycles. The Morgan fingerprint density at radius 3 is 3.10 bits per heavy atom. The quantitative estimate of drug-likeness (QED) is 0.888. The van der Waals surface area contributed by atoms with Gasteiger partial charge in [0, 0.05) is 34.8 Å². The molecule has 1 aromatic carbocycles. The minimum atomic E-state index is 0.161. The van der Waals surface area contributed by atoms with Gasteiger partial charge in [-0.3, -0.25) is 4.79 Å². The van der Waals surface area contributed by atoms with Crippen LogP contribution in [0.2, 0.25) is 0 Å². The molecule has 1 aliphatic heterocycles. The van der Waals surface area contributed by atoms with Crippen molar-refractivity contribution in [1.29, 1.82) is 0 Å². The van der Waals surface area contributed by atoms with E-state index in [4.69, 9.17) is 0 Å². The maximum absolute atomic E-state index is 12.0. The summed E-state index contributed by atoms with van der Waals surface area (Å²) in [4.78, 5) is 15.3.